The molecule has 6 rings (SSSR count). The maximum atomic E-state index is 5.60. The summed E-state index contributed by atoms with van der Waals surface area (Å²) in [5.41, 5.74) is 3.86. The molecule has 4 aromatic heterocycles. The zero-order valence-electron chi connectivity index (χ0n) is 14.7. The minimum absolute atomic E-state index is 0.402. The van der Waals surface area contributed by atoms with E-state index < -0.39 is 0 Å². The normalized spacial score (nSPS) is 23.7. The second-order valence-electron chi connectivity index (χ2n) is 7.13. The maximum absolute atomic E-state index is 5.60. The Morgan fingerprint density at radius 1 is 1.26 bits per heavy atom. The molecule has 5 heterocycles. The van der Waals surface area contributed by atoms with Crippen LogP contribution >= 0.6 is 0 Å². The number of ether oxygens (including phenoxy) is 2. The number of aromatic nitrogens is 5. The molecule has 0 aromatic carbocycles. The summed E-state index contributed by atoms with van der Waals surface area (Å²) in [6.07, 6.45) is 5.68. The Kier molecular flexibility index (Phi) is 3.01. The second-order valence-corrected chi connectivity index (χ2v) is 7.13. The van der Waals surface area contributed by atoms with E-state index in [1.54, 1.807) is 13.3 Å². The highest BCUT2D eigenvalue weighted by Crippen LogP contribution is 2.46. The Bertz CT molecular complexity index is 1160. The zero-order valence-corrected chi connectivity index (χ0v) is 14.7. The van der Waals surface area contributed by atoms with Crippen LogP contribution in [-0.4, -0.2) is 50.9 Å². The van der Waals surface area contributed by atoms with Gasteiger partial charge in [-0.05, 0) is 23.8 Å². The van der Waals surface area contributed by atoms with Crippen molar-refractivity contribution in [2.24, 2.45) is 11.8 Å². The van der Waals surface area contributed by atoms with E-state index in [0.29, 0.717) is 29.7 Å². The molecule has 0 amide bonds. The van der Waals surface area contributed by atoms with Crippen molar-refractivity contribution >= 4 is 22.5 Å². The third-order valence-electron chi connectivity index (χ3n) is 5.65. The molecule has 1 aliphatic carbocycles. The lowest BCUT2D eigenvalue weighted by Crippen LogP contribution is -2.14. The molecule has 4 aromatic rings. The van der Waals surface area contributed by atoms with Crippen LogP contribution in [-0.2, 0) is 4.74 Å². The van der Waals surface area contributed by atoms with Gasteiger partial charge < -0.3 is 19.8 Å². The first-order valence-corrected chi connectivity index (χ1v) is 9.03. The first kappa shape index (κ1) is 15.0. The molecular formula is C19H18N6O2. The standard InChI is InChI=1S/C19H18N6O2/c1-26-18-15-12(10-3-5-25-11(6-10)2-4-21-25)7-20-17(15)23-19(24-18)22-16-13-8-27-9-14(13)16/h2-7,13-14,16H,8-9H2,1H3,(H2,20,22,23,24)/t13-,14+,16?. The Balaban J connectivity index is 1.41. The molecule has 1 unspecified atom stereocenters. The lowest BCUT2D eigenvalue weighted by molar-refractivity contribution is 0.162. The van der Waals surface area contributed by atoms with Gasteiger partial charge in [-0.1, -0.05) is 0 Å². The number of hydrogen-bond donors (Lipinski definition) is 2. The number of fused-ring (bicyclic) bond motifs is 3. The van der Waals surface area contributed by atoms with Gasteiger partial charge >= 0.3 is 0 Å². The predicted octanol–water partition coefficient (Wildman–Crippen LogP) is 2.34. The Morgan fingerprint density at radius 3 is 3.00 bits per heavy atom. The van der Waals surface area contributed by atoms with E-state index in [2.05, 4.69) is 31.4 Å². The van der Waals surface area contributed by atoms with Gasteiger partial charge in [0.05, 0.1) is 31.2 Å². The van der Waals surface area contributed by atoms with Crippen LogP contribution < -0.4 is 10.1 Å². The molecule has 1 aliphatic heterocycles. The van der Waals surface area contributed by atoms with Crippen molar-refractivity contribution in [1.29, 1.82) is 0 Å². The number of methoxy groups -OCH3 is 1. The van der Waals surface area contributed by atoms with Gasteiger partial charge in [0.2, 0.25) is 11.8 Å². The molecular weight excluding hydrogens is 344 g/mol. The van der Waals surface area contributed by atoms with E-state index in [-0.39, 0.29) is 0 Å². The number of aromatic amines is 1. The summed E-state index contributed by atoms with van der Waals surface area (Å²) in [4.78, 5) is 12.6. The van der Waals surface area contributed by atoms with E-state index >= 15 is 0 Å². The summed E-state index contributed by atoms with van der Waals surface area (Å²) in [5.74, 6) is 2.32. The molecule has 8 heteroatoms. The van der Waals surface area contributed by atoms with Gasteiger partial charge in [0, 0.05) is 42.0 Å². The largest absolute Gasteiger partial charge is 0.480 e. The van der Waals surface area contributed by atoms with Crippen LogP contribution in [0, 0.1) is 11.8 Å². The fourth-order valence-corrected chi connectivity index (χ4v) is 4.13. The number of pyridine rings is 1. The van der Waals surface area contributed by atoms with Crippen molar-refractivity contribution in [3.05, 3.63) is 36.8 Å². The summed E-state index contributed by atoms with van der Waals surface area (Å²) in [6.45, 7) is 1.65. The van der Waals surface area contributed by atoms with Crippen molar-refractivity contribution in [3.63, 3.8) is 0 Å². The van der Waals surface area contributed by atoms with Gasteiger partial charge in [0.1, 0.15) is 5.65 Å². The molecule has 0 radical (unpaired) electrons. The van der Waals surface area contributed by atoms with E-state index in [9.17, 15) is 0 Å². The minimum Gasteiger partial charge on any atom is -0.480 e. The third-order valence-corrected chi connectivity index (χ3v) is 5.65. The van der Waals surface area contributed by atoms with E-state index in [1.165, 1.54) is 0 Å². The lowest BCUT2D eigenvalue weighted by Gasteiger charge is -2.10. The fraction of sp³-hybridized carbons (Fsp3) is 0.316. The van der Waals surface area contributed by atoms with E-state index in [4.69, 9.17) is 9.47 Å². The molecule has 1 saturated carbocycles. The summed E-state index contributed by atoms with van der Waals surface area (Å²) in [6, 6.07) is 6.50. The number of nitrogens with zero attached hydrogens (tertiary/aromatic N) is 4. The van der Waals surface area contributed by atoms with Crippen LogP contribution in [0.1, 0.15) is 0 Å². The van der Waals surface area contributed by atoms with Gasteiger partial charge in [-0.2, -0.15) is 15.1 Å². The summed E-state index contributed by atoms with van der Waals surface area (Å²) >= 11 is 0. The van der Waals surface area contributed by atoms with Gasteiger partial charge in [0.25, 0.3) is 0 Å². The van der Waals surface area contributed by atoms with Crippen LogP contribution in [0.15, 0.2) is 36.8 Å². The van der Waals surface area contributed by atoms with Crippen LogP contribution in [0.4, 0.5) is 5.95 Å². The highest BCUT2D eigenvalue weighted by atomic mass is 16.5. The Morgan fingerprint density at radius 2 is 2.15 bits per heavy atom. The SMILES string of the molecule is COc1nc(NC2[C@H]3COC[C@@H]23)nc2[nH]cc(-c3ccn4nccc4c3)c12. The van der Waals surface area contributed by atoms with Crippen molar-refractivity contribution in [3.8, 4) is 17.0 Å². The smallest absolute Gasteiger partial charge is 0.228 e. The fourth-order valence-electron chi connectivity index (χ4n) is 4.13. The third kappa shape index (κ3) is 2.23. The van der Waals surface area contributed by atoms with Crippen LogP contribution in [0.3, 0.4) is 0 Å². The van der Waals surface area contributed by atoms with Crippen molar-refractivity contribution < 1.29 is 9.47 Å². The summed E-state index contributed by atoms with van der Waals surface area (Å²) in [7, 11) is 1.64. The molecule has 0 spiro atoms. The average molecular weight is 362 g/mol. The minimum atomic E-state index is 0.402. The molecule has 27 heavy (non-hydrogen) atoms. The molecule has 2 N–H and O–H groups in total. The summed E-state index contributed by atoms with van der Waals surface area (Å²) in [5, 5.41) is 8.57. The maximum Gasteiger partial charge on any atom is 0.228 e. The van der Waals surface area contributed by atoms with Gasteiger partial charge in [0.15, 0.2) is 0 Å². The van der Waals surface area contributed by atoms with Crippen molar-refractivity contribution in [1.82, 2.24) is 24.6 Å². The predicted molar refractivity (Wildman–Crippen MR) is 99.8 cm³/mol. The average Bonchev–Trinajstić information content (AvgIpc) is 3.20. The van der Waals surface area contributed by atoms with Crippen LogP contribution in [0.2, 0.25) is 0 Å². The molecule has 2 fully saturated rings. The van der Waals surface area contributed by atoms with Crippen LogP contribution in [0.25, 0.3) is 27.7 Å². The number of hydrogen-bond acceptors (Lipinski definition) is 6. The highest BCUT2D eigenvalue weighted by molar-refractivity contribution is 5.98. The zero-order chi connectivity index (χ0) is 18.0. The quantitative estimate of drug-likeness (QED) is 0.579. The Hall–Kier alpha value is -3.13. The molecule has 0 bridgehead atoms. The lowest BCUT2D eigenvalue weighted by atomic mass is 10.1. The van der Waals surface area contributed by atoms with Crippen molar-refractivity contribution in [2.75, 3.05) is 25.6 Å². The monoisotopic (exact) mass is 362 g/mol. The van der Waals surface area contributed by atoms with Crippen molar-refractivity contribution in [2.45, 2.75) is 6.04 Å². The summed E-state index contributed by atoms with van der Waals surface area (Å²) < 4.78 is 12.9. The Labute approximate surface area is 154 Å². The van der Waals surface area contributed by atoms with Gasteiger partial charge in [-0.3, -0.25) is 0 Å². The molecule has 8 nitrogen and oxygen atoms in total. The van der Waals surface area contributed by atoms with E-state index in [1.807, 2.05) is 29.0 Å². The van der Waals surface area contributed by atoms with Gasteiger partial charge in [-0.15, -0.1) is 0 Å². The second kappa shape index (κ2) is 5.43. The number of nitrogens with one attached hydrogen (secondary N) is 2. The van der Waals surface area contributed by atoms with Gasteiger partial charge in [-0.25, -0.2) is 4.52 Å². The molecule has 136 valence electrons. The molecule has 1 saturated heterocycles. The topological polar surface area (TPSA) is 89.4 Å². The number of rotatable bonds is 4. The molecule has 3 atom stereocenters. The number of H-pyrrole nitrogens is 1. The van der Waals surface area contributed by atoms with Crippen LogP contribution in [0.5, 0.6) is 5.88 Å². The van der Waals surface area contributed by atoms with E-state index in [0.717, 1.165) is 40.9 Å². The highest BCUT2D eigenvalue weighted by Gasteiger charge is 2.54. The number of anilines is 1. The first-order chi connectivity index (χ1) is 13.3. The molecule has 2 aliphatic rings. The first-order valence-electron chi connectivity index (χ1n) is 9.03.